The van der Waals surface area contributed by atoms with Crippen molar-refractivity contribution < 1.29 is 0 Å². The monoisotopic (exact) mass is 194 g/mol. The van der Waals surface area contributed by atoms with E-state index in [4.69, 9.17) is 6.42 Å². The summed E-state index contributed by atoms with van der Waals surface area (Å²) < 4.78 is 0. The molecule has 1 aromatic heterocycles. The van der Waals surface area contributed by atoms with Gasteiger partial charge in [-0.2, -0.15) is 0 Å². The van der Waals surface area contributed by atoms with Crippen LogP contribution >= 0.6 is 11.3 Å². The summed E-state index contributed by atoms with van der Waals surface area (Å²) in [7, 11) is 0. The smallest absolute Gasteiger partial charge is 0.109 e. The van der Waals surface area contributed by atoms with Crippen LogP contribution < -0.4 is 5.32 Å². The second-order valence-electron chi connectivity index (χ2n) is 2.94. The molecule has 13 heavy (non-hydrogen) atoms. The molecule has 0 saturated carbocycles. The van der Waals surface area contributed by atoms with Crippen LogP contribution in [0.4, 0.5) is 0 Å². The molecule has 2 nitrogen and oxygen atoms in total. The third kappa shape index (κ3) is 3.17. The van der Waals surface area contributed by atoms with Crippen molar-refractivity contribution in [3.63, 3.8) is 0 Å². The third-order valence-electron chi connectivity index (χ3n) is 1.73. The standard InChI is InChI=1S/C10H14N2S/c1-4-5-6-11-9(3)10-12-7-8(2)13-10/h1,7,9,11H,5-6H2,2-3H3. The Hall–Kier alpha value is -0.850. The Morgan fingerprint density at radius 1 is 1.77 bits per heavy atom. The molecule has 0 aliphatic heterocycles. The number of hydrogen-bond donors (Lipinski definition) is 1. The van der Waals surface area contributed by atoms with Gasteiger partial charge in [-0.05, 0) is 13.8 Å². The number of nitrogens with one attached hydrogen (secondary N) is 1. The minimum Gasteiger partial charge on any atom is -0.307 e. The molecular formula is C10H14N2S. The lowest BCUT2D eigenvalue weighted by atomic mass is 10.3. The largest absolute Gasteiger partial charge is 0.307 e. The van der Waals surface area contributed by atoms with E-state index in [1.165, 1.54) is 4.88 Å². The highest BCUT2D eigenvalue weighted by molar-refractivity contribution is 7.11. The summed E-state index contributed by atoms with van der Waals surface area (Å²) in [5.41, 5.74) is 0. The van der Waals surface area contributed by atoms with E-state index >= 15 is 0 Å². The maximum Gasteiger partial charge on any atom is 0.109 e. The van der Waals surface area contributed by atoms with Crippen molar-refractivity contribution >= 4 is 11.3 Å². The van der Waals surface area contributed by atoms with E-state index in [-0.39, 0.29) is 0 Å². The first-order valence-electron chi connectivity index (χ1n) is 4.33. The summed E-state index contributed by atoms with van der Waals surface area (Å²) in [6.07, 6.45) is 7.83. The summed E-state index contributed by atoms with van der Waals surface area (Å²) in [6, 6.07) is 0.312. The maximum absolute atomic E-state index is 5.15. The Morgan fingerprint density at radius 2 is 2.54 bits per heavy atom. The third-order valence-corrected chi connectivity index (χ3v) is 2.82. The van der Waals surface area contributed by atoms with E-state index in [9.17, 15) is 0 Å². The number of terminal acetylenes is 1. The van der Waals surface area contributed by atoms with Crippen molar-refractivity contribution in [2.24, 2.45) is 0 Å². The molecule has 0 aliphatic rings. The van der Waals surface area contributed by atoms with Gasteiger partial charge in [0.05, 0.1) is 6.04 Å². The van der Waals surface area contributed by atoms with Crippen molar-refractivity contribution in [2.45, 2.75) is 26.3 Å². The summed E-state index contributed by atoms with van der Waals surface area (Å²) >= 11 is 1.73. The summed E-state index contributed by atoms with van der Waals surface area (Å²) in [5, 5.41) is 4.45. The lowest BCUT2D eigenvalue weighted by molar-refractivity contribution is 0.581. The van der Waals surface area contributed by atoms with Crippen molar-refractivity contribution in [1.29, 1.82) is 0 Å². The lowest BCUT2D eigenvalue weighted by Crippen LogP contribution is -2.19. The predicted octanol–water partition coefficient (Wildman–Crippen LogP) is 2.13. The average molecular weight is 194 g/mol. The molecule has 1 rings (SSSR count). The molecule has 0 amide bonds. The molecule has 70 valence electrons. The van der Waals surface area contributed by atoms with Crippen molar-refractivity contribution in [3.05, 3.63) is 16.1 Å². The number of aryl methyl sites for hydroxylation is 1. The maximum atomic E-state index is 5.15. The van der Waals surface area contributed by atoms with Gasteiger partial charge in [0.1, 0.15) is 5.01 Å². The second kappa shape index (κ2) is 5.00. The predicted molar refractivity (Wildman–Crippen MR) is 56.7 cm³/mol. The molecule has 0 bridgehead atoms. The minimum absolute atomic E-state index is 0.312. The lowest BCUT2D eigenvalue weighted by Gasteiger charge is -2.08. The van der Waals surface area contributed by atoms with Crippen molar-refractivity contribution in [1.82, 2.24) is 10.3 Å². The molecule has 0 aliphatic carbocycles. The van der Waals surface area contributed by atoms with Crippen LogP contribution in [0.15, 0.2) is 6.20 Å². The van der Waals surface area contributed by atoms with Gasteiger partial charge in [0, 0.05) is 24.0 Å². The van der Waals surface area contributed by atoms with Crippen molar-refractivity contribution in [3.8, 4) is 12.3 Å². The number of nitrogens with zero attached hydrogens (tertiary/aromatic N) is 1. The fourth-order valence-corrected chi connectivity index (χ4v) is 1.82. The van der Waals surface area contributed by atoms with Gasteiger partial charge < -0.3 is 5.32 Å². The van der Waals surface area contributed by atoms with Crippen LogP contribution in [0, 0.1) is 19.3 Å². The molecule has 0 radical (unpaired) electrons. The number of aromatic nitrogens is 1. The highest BCUT2D eigenvalue weighted by Crippen LogP contribution is 2.18. The van der Waals surface area contributed by atoms with Crippen LogP contribution in [0.2, 0.25) is 0 Å². The molecular weight excluding hydrogens is 180 g/mol. The van der Waals surface area contributed by atoms with Gasteiger partial charge in [0.2, 0.25) is 0 Å². The first-order chi connectivity index (χ1) is 6.24. The van der Waals surface area contributed by atoms with E-state index in [2.05, 4.69) is 30.1 Å². The van der Waals surface area contributed by atoms with Crippen LogP contribution in [0.25, 0.3) is 0 Å². The first kappa shape index (κ1) is 10.2. The van der Waals surface area contributed by atoms with E-state index in [1.807, 2.05) is 6.20 Å². The van der Waals surface area contributed by atoms with E-state index in [0.29, 0.717) is 6.04 Å². The Morgan fingerprint density at radius 3 is 3.08 bits per heavy atom. The summed E-state index contributed by atoms with van der Waals surface area (Å²) in [6.45, 7) is 5.03. The Labute approximate surface area is 83.4 Å². The van der Waals surface area contributed by atoms with Gasteiger partial charge >= 0.3 is 0 Å². The van der Waals surface area contributed by atoms with E-state index in [0.717, 1.165) is 18.0 Å². The average Bonchev–Trinajstić information content (AvgIpc) is 2.52. The molecule has 3 heteroatoms. The molecule has 0 saturated heterocycles. The zero-order valence-corrected chi connectivity index (χ0v) is 8.82. The van der Waals surface area contributed by atoms with Gasteiger partial charge in [-0.3, -0.25) is 0 Å². The molecule has 1 aromatic rings. The van der Waals surface area contributed by atoms with E-state index in [1.54, 1.807) is 11.3 Å². The molecule has 0 spiro atoms. The van der Waals surface area contributed by atoms with Gasteiger partial charge in [-0.25, -0.2) is 4.98 Å². The molecule has 1 N–H and O–H groups in total. The zero-order chi connectivity index (χ0) is 9.68. The van der Waals surface area contributed by atoms with Crippen LogP contribution in [0.5, 0.6) is 0 Å². The van der Waals surface area contributed by atoms with E-state index < -0.39 is 0 Å². The Kier molecular flexibility index (Phi) is 3.94. The Bertz CT molecular complexity index is 298. The molecule has 1 unspecified atom stereocenters. The highest BCUT2D eigenvalue weighted by atomic mass is 32.1. The normalized spacial score (nSPS) is 12.4. The van der Waals surface area contributed by atoms with Gasteiger partial charge in [0.25, 0.3) is 0 Å². The van der Waals surface area contributed by atoms with Gasteiger partial charge in [0.15, 0.2) is 0 Å². The topological polar surface area (TPSA) is 24.9 Å². The summed E-state index contributed by atoms with van der Waals surface area (Å²) in [4.78, 5) is 5.55. The first-order valence-corrected chi connectivity index (χ1v) is 5.15. The van der Waals surface area contributed by atoms with Gasteiger partial charge in [-0.1, -0.05) is 0 Å². The number of thiazole rings is 1. The molecule has 0 aromatic carbocycles. The molecule has 1 heterocycles. The minimum atomic E-state index is 0.312. The highest BCUT2D eigenvalue weighted by Gasteiger charge is 2.07. The SMILES string of the molecule is C#CCCNC(C)c1ncc(C)s1. The van der Waals surface area contributed by atoms with Gasteiger partial charge in [-0.15, -0.1) is 23.7 Å². The molecule has 0 fully saturated rings. The van der Waals surface area contributed by atoms with Crippen LogP contribution in [0.3, 0.4) is 0 Å². The number of hydrogen-bond acceptors (Lipinski definition) is 3. The van der Waals surface area contributed by atoms with Crippen LogP contribution in [-0.2, 0) is 0 Å². The number of rotatable bonds is 4. The molecule has 1 atom stereocenters. The Balaban J connectivity index is 2.40. The second-order valence-corrected chi connectivity index (χ2v) is 4.21. The fraction of sp³-hybridized carbons (Fsp3) is 0.500. The van der Waals surface area contributed by atoms with Crippen molar-refractivity contribution in [2.75, 3.05) is 6.54 Å². The zero-order valence-electron chi connectivity index (χ0n) is 8.00. The van der Waals surface area contributed by atoms with Crippen LogP contribution in [-0.4, -0.2) is 11.5 Å². The fourth-order valence-electron chi connectivity index (χ4n) is 1.02. The summed E-state index contributed by atoms with van der Waals surface area (Å²) in [5.74, 6) is 2.60. The quantitative estimate of drug-likeness (QED) is 0.586. The van der Waals surface area contributed by atoms with Crippen LogP contribution in [0.1, 0.15) is 29.3 Å².